The van der Waals surface area contributed by atoms with Gasteiger partial charge < -0.3 is 5.73 Å². The van der Waals surface area contributed by atoms with E-state index in [1.165, 1.54) is 89.9 Å². The maximum Gasteiger partial charge on any atom is 0 e. The van der Waals surface area contributed by atoms with Crippen LogP contribution in [0.1, 0.15) is 96.8 Å². The Balaban J connectivity index is 0. The molecule has 0 bridgehead atoms. The maximum atomic E-state index is 5.47. The Labute approximate surface area is 143 Å². The largest absolute Gasteiger partial charge is 0.330 e. The van der Waals surface area contributed by atoms with Crippen LogP contribution in [0.2, 0.25) is 0 Å². The second-order valence-corrected chi connectivity index (χ2v) is 5.73. The second-order valence-electron chi connectivity index (χ2n) is 5.73. The van der Waals surface area contributed by atoms with Crippen LogP contribution < -0.4 is 5.73 Å². The summed E-state index contributed by atoms with van der Waals surface area (Å²) in [6, 6.07) is 0. The fourth-order valence-corrected chi connectivity index (χ4v) is 2.39. The van der Waals surface area contributed by atoms with Gasteiger partial charge in [-0.05, 0) is 38.6 Å². The van der Waals surface area contributed by atoms with Gasteiger partial charge in [-0.2, -0.15) is 0 Å². The zero-order chi connectivity index (χ0) is 14.0. The Morgan fingerprint density at radius 3 is 1.45 bits per heavy atom. The van der Waals surface area contributed by atoms with E-state index < -0.39 is 0 Å². The predicted molar refractivity (Wildman–Crippen MR) is 88.5 cm³/mol. The molecule has 0 unspecified atom stereocenters. The van der Waals surface area contributed by atoms with Crippen LogP contribution >= 0.6 is 0 Å². The Hall–Kier alpha value is 0.440. The van der Waals surface area contributed by atoms with Gasteiger partial charge in [0.15, 0.2) is 0 Å². The molecule has 0 aliphatic rings. The summed E-state index contributed by atoms with van der Waals surface area (Å²) in [6.45, 7) is 3.14. The van der Waals surface area contributed by atoms with Crippen LogP contribution in [0, 0.1) is 0 Å². The third-order valence-corrected chi connectivity index (χ3v) is 3.72. The molecule has 1 nitrogen and oxygen atoms in total. The fourth-order valence-electron chi connectivity index (χ4n) is 2.39. The summed E-state index contributed by atoms with van der Waals surface area (Å²) in [5.41, 5.74) is 5.47. The van der Waals surface area contributed by atoms with E-state index in [2.05, 4.69) is 19.1 Å². The molecule has 0 saturated carbocycles. The zero-order valence-corrected chi connectivity index (χ0v) is 15.1. The second kappa shape index (κ2) is 21.7. The van der Waals surface area contributed by atoms with Crippen molar-refractivity contribution in [3.8, 4) is 0 Å². The molecular weight excluding hydrogens is 338 g/mol. The van der Waals surface area contributed by atoms with Crippen LogP contribution in [-0.2, 0) is 22.4 Å². The molecule has 0 aromatic heterocycles. The van der Waals surface area contributed by atoms with Gasteiger partial charge in [-0.15, -0.1) is 0 Å². The van der Waals surface area contributed by atoms with Crippen molar-refractivity contribution in [3.63, 3.8) is 0 Å². The van der Waals surface area contributed by atoms with Crippen molar-refractivity contribution < 1.29 is 22.4 Å². The molecular formula is C18H37AgN. The van der Waals surface area contributed by atoms with Crippen LogP contribution in [-0.4, -0.2) is 6.54 Å². The van der Waals surface area contributed by atoms with Crippen molar-refractivity contribution in [2.75, 3.05) is 6.54 Å². The summed E-state index contributed by atoms with van der Waals surface area (Å²) < 4.78 is 0. The monoisotopic (exact) mass is 374 g/mol. The Kier molecular flexibility index (Phi) is 24.7. The summed E-state index contributed by atoms with van der Waals surface area (Å²) in [6.07, 6.45) is 23.9. The Morgan fingerprint density at radius 1 is 0.600 bits per heavy atom. The molecule has 125 valence electrons. The minimum atomic E-state index is 0. The molecule has 2 heteroatoms. The van der Waals surface area contributed by atoms with Gasteiger partial charge in [-0.1, -0.05) is 76.9 Å². The van der Waals surface area contributed by atoms with Gasteiger partial charge in [-0.3, -0.25) is 0 Å². The molecule has 0 aromatic carbocycles. The van der Waals surface area contributed by atoms with Crippen molar-refractivity contribution >= 4 is 0 Å². The molecule has 0 spiro atoms. The standard InChI is InChI=1S/C18H37N.Ag/c1-2-3-4-5-6-7-8-9-10-11-12-13-14-15-16-17-18-19;/h9-10H,2-8,11-19H2,1H3;/b10-9-;. The van der Waals surface area contributed by atoms with Crippen LogP contribution in [0.25, 0.3) is 0 Å². The number of nitrogens with two attached hydrogens (primary N) is 1. The molecule has 0 rings (SSSR count). The number of unbranched alkanes of at least 4 members (excludes halogenated alkanes) is 12. The minimum Gasteiger partial charge on any atom is -0.330 e. The van der Waals surface area contributed by atoms with Crippen LogP contribution in [0.5, 0.6) is 0 Å². The molecule has 2 N–H and O–H groups in total. The van der Waals surface area contributed by atoms with Gasteiger partial charge >= 0.3 is 0 Å². The average molecular weight is 375 g/mol. The van der Waals surface area contributed by atoms with E-state index in [-0.39, 0.29) is 22.4 Å². The summed E-state index contributed by atoms with van der Waals surface area (Å²) in [4.78, 5) is 0. The van der Waals surface area contributed by atoms with Gasteiger partial charge in [-0.25, -0.2) is 0 Å². The van der Waals surface area contributed by atoms with E-state index in [1.807, 2.05) is 0 Å². The smallest absolute Gasteiger partial charge is 0 e. The first-order valence-corrected chi connectivity index (χ1v) is 8.77. The molecule has 1 radical (unpaired) electrons. The third-order valence-electron chi connectivity index (χ3n) is 3.72. The van der Waals surface area contributed by atoms with Crippen LogP contribution in [0.4, 0.5) is 0 Å². The molecule has 0 atom stereocenters. The van der Waals surface area contributed by atoms with Crippen molar-refractivity contribution in [2.24, 2.45) is 5.73 Å². The van der Waals surface area contributed by atoms with Crippen molar-refractivity contribution in [1.29, 1.82) is 0 Å². The van der Waals surface area contributed by atoms with Gasteiger partial charge in [0.2, 0.25) is 0 Å². The normalized spacial score (nSPS) is 10.9. The van der Waals surface area contributed by atoms with Gasteiger partial charge in [0.1, 0.15) is 0 Å². The summed E-state index contributed by atoms with van der Waals surface area (Å²) in [5.74, 6) is 0. The maximum absolute atomic E-state index is 5.47. The Bertz CT molecular complexity index is 180. The first kappa shape index (κ1) is 22.7. The van der Waals surface area contributed by atoms with Crippen molar-refractivity contribution in [2.45, 2.75) is 96.8 Å². The first-order valence-electron chi connectivity index (χ1n) is 8.77. The summed E-state index contributed by atoms with van der Waals surface area (Å²) >= 11 is 0. The first-order chi connectivity index (χ1) is 9.41. The molecule has 0 saturated heterocycles. The number of rotatable bonds is 15. The fraction of sp³-hybridized carbons (Fsp3) is 0.889. The van der Waals surface area contributed by atoms with Crippen LogP contribution in [0.3, 0.4) is 0 Å². The number of allylic oxidation sites excluding steroid dienone is 2. The minimum absolute atomic E-state index is 0. The molecule has 0 aromatic rings. The topological polar surface area (TPSA) is 26.0 Å². The zero-order valence-electron chi connectivity index (χ0n) is 13.6. The molecule has 0 aliphatic heterocycles. The SMILES string of the molecule is CCCCCCCC/C=C\CCCCCCCCN.[Ag]. The molecule has 0 amide bonds. The van der Waals surface area contributed by atoms with E-state index in [4.69, 9.17) is 5.73 Å². The van der Waals surface area contributed by atoms with Crippen molar-refractivity contribution in [1.82, 2.24) is 0 Å². The number of hydrogen-bond donors (Lipinski definition) is 1. The summed E-state index contributed by atoms with van der Waals surface area (Å²) in [5, 5.41) is 0. The van der Waals surface area contributed by atoms with Crippen molar-refractivity contribution in [3.05, 3.63) is 12.2 Å². The molecule has 0 aliphatic carbocycles. The number of hydrogen-bond acceptors (Lipinski definition) is 1. The van der Waals surface area contributed by atoms with E-state index >= 15 is 0 Å². The molecule has 20 heavy (non-hydrogen) atoms. The third kappa shape index (κ3) is 20.8. The van der Waals surface area contributed by atoms with E-state index in [1.54, 1.807) is 0 Å². The predicted octanol–water partition coefficient (Wildman–Crippen LogP) is 5.98. The Morgan fingerprint density at radius 2 is 1.00 bits per heavy atom. The van der Waals surface area contributed by atoms with Gasteiger partial charge in [0.05, 0.1) is 0 Å². The van der Waals surface area contributed by atoms with E-state index in [0.29, 0.717) is 0 Å². The average Bonchev–Trinajstić information content (AvgIpc) is 2.43. The quantitative estimate of drug-likeness (QED) is 0.213. The van der Waals surface area contributed by atoms with Gasteiger partial charge in [0, 0.05) is 22.4 Å². The molecule has 0 fully saturated rings. The molecule has 0 heterocycles. The van der Waals surface area contributed by atoms with E-state index in [9.17, 15) is 0 Å². The van der Waals surface area contributed by atoms with Crippen LogP contribution in [0.15, 0.2) is 12.2 Å². The van der Waals surface area contributed by atoms with E-state index in [0.717, 1.165) is 6.54 Å². The summed E-state index contributed by atoms with van der Waals surface area (Å²) in [7, 11) is 0. The van der Waals surface area contributed by atoms with Gasteiger partial charge in [0.25, 0.3) is 0 Å².